The summed E-state index contributed by atoms with van der Waals surface area (Å²) in [7, 11) is 1.69. The highest BCUT2D eigenvalue weighted by Crippen LogP contribution is 2.33. The molecule has 4 rings (SSSR count). The van der Waals surface area contributed by atoms with E-state index < -0.39 is 17.6 Å². The molecule has 1 aliphatic rings. The third-order valence-electron chi connectivity index (χ3n) is 4.23. The van der Waals surface area contributed by atoms with E-state index in [-0.39, 0.29) is 5.82 Å². The Bertz CT molecular complexity index is 989. The summed E-state index contributed by atoms with van der Waals surface area (Å²) in [6.45, 7) is 1.76. The fourth-order valence-electron chi connectivity index (χ4n) is 3.08. The van der Waals surface area contributed by atoms with E-state index in [1.807, 2.05) is 0 Å². The molecule has 0 saturated carbocycles. The van der Waals surface area contributed by atoms with Crippen LogP contribution >= 0.6 is 0 Å². The van der Waals surface area contributed by atoms with Gasteiger partial charge in [0.15, 0.2) is 5.82 Å². The van der Waals surface area contributed by atoms with Crippen LogP contribution in [0.1, 0.15) is 26.3 Å². The Hall–Kier alpha value is -3.35. The van der Waals surface area contributed by atoms with Crippen molar-refractivity contribution in [2.45, 2.75) is 6.92 Å². The zero-order chi connectivity index (χ0) is 17.7. The van der Waals surface area contributed by atoms with Gasteiger partial charge in [0.05, 0.1) is 28.7 Å². The molecule has 0 bridgehead atoms. The zero-order valence-electron chi connectivity index (χ0n) is 13.5. The summed E-state index contributed by atoms with van der Waals surface area (Å²) in [5, 5.41) is 4.34. The van der Waals surface area contributed by atoms with E-state index in [1.165, 1.54) is 16.8 Å². The quantitative estimate of drug-likeness (QED) is 0.675. The number of fused-ring (bicyclic) bond motifs is 1. The number of amides is 2. The van der Waals surface area contributed by atoms with E-state index >= 15 is 0 Å². The van der Waals surface area contributed by atoms with Gasteiger partial charge in [-0.3, -0.25) is 19.3 Å². The molecule has 0 unspecified atom stereocenters. The average Bonchev–Trinajstić information content (AvgIpc) is 3.03. The fraction of sp³-hybridized carbons (Fsp3) is 0.111. The topological polar surface area (TPSA) is 68.1 Å². The maximum absolute atomic E-state index is 13.1. The summed E-state index contributed by atoms with van der Waals surface area (Å²) in [6, 6.07) is 9.51. The molecule has 0 N–H and O–H groups in total. The van der Waals surface area contributed by atoms with E-state index in [0.29, 0.717) is 28.1 Å². The maximum Gasteiger partial charge on any atom is 0.267 e. The van der Waals surface area contributed by atoms with Crippen LogP contribution in [0.5, 0.6) is 0 Å². The molecular weight excluding hydrogens is 323 g/mol. The molecule has 25 heavy (non-hydrogen) atoms. The fourth-order valence-corrected chi connectivity index (χ4v) is 3.08. The zero-order valence-corrected chi connectivity index (χ0v) is 13.5. The lowest BCUT2D eigenvalue weighted by atomic mass is 10.1. The second-order valence-electron chi connectivity index (χ2n) is 5.77. The van der Waals surface area contributed by atoms with E-state index in [0.717, 1.165) is 11.1 Å². The number of nitrogens with zero attached hydrogens (tertiary/aromatic N) is 4. The first-order valence-corrected chi connectivity index (χ1v) is 7.62. The lowest BCUT2D eigenvalue weighted by Crippen LogP contribution is -2.30. The van der Waals surface area contributed by atoms with Gasteiger partial charge in [-0.15, -0.1) is 0 Å². The van der Waals surface area contributed by atoms with Crippen molar-refractivity contribution in [3.63, 3.8) is 0 Å². The standard InChI is InChI=1S/C18H13FN4O2/c1-10-15(14-8-7-11(19)9-20-14)22(2)21-16(10)23-17(24)12-5-3-4-6-13(12)18(23)25/h3-9H,1-2H3. The summed E-state index contributed by atoms with van der Waals surface area (Å²) < 4.78 is 14.7. The molecule has 2 aromatic heterocycles. The highest BCUT2D eigenvalue weighted by molar-refractivity contribution is 6.34. The molecule has 0 fully saturated rings. The lowest BCUT2D eigenvalue weighted by Gasteiger charge is -2.11. The van der Waals surface area contributed by atoms with Gasteiger partial charge in [-0.05, 0) is 31.2 Å². The Morgan fingerprint density at radius 3 is 2.20 bits per heavy atom. The Morgan fingerprint density at radius 1 is 1.00 bits per heavy atom. The van der Waals surface area contributed by atoms with E-state index in [2.05, 4.69) is 10.1 Å². The van der Waals surface area contributed by atoms with Crippen LogP contribution < -0.4 is 4.90 Å². The van der Waals surface area contributed by atoms with Crippen molar-refractivity contribution in [3.8, 4) is 11.4 Å². The number of hydrogen-bond acceptors (Lipinski definition) is 4. The third-order valence-corrected chi connectivity index (χ3v) is 4.23. The number of benzene rings is 1. The first kappa shape index (κ1) is 15.2. The number of halogens is 1. The second-order valence-corrected chi connectivity index (χ2v) is 5.77. The number of hydrogen-bond donors (Lipinski definition) is 0. The van der Waals surface area contributed by atoms with Crippen molar-refractivity contribution in [1.29, 1.82) is 0 Å². The van der Waals surface area contributed by atoms with Crippen LogP contribution in [0, 0.1) is 12.7 Å². The minimum Gasteiger partial charge on any atom is -0.268 e. The van der Waals surface area contributed by atoms with Gasteiger partial charge in [-0.25, -0.2) is 9.29 Å². The van der Waals surface area contributed by atoms with Gasteiger partial charge >= 0.3 is 0 Å². The molecule has 1 aromatic carbocycles. The maximum atomic E-state index is 13.1. The monoisotopic (exact) mass is 336 g/mol. The third kappa shape index (κ3) is 2.16. The molecular formula is C18H13FN4O2. The average molecular weight is 336 g/mol. The Morgan fingerprint density at radius 2 is 1.64 bits per heavy atom. The summed E-state index contributed by atoms with van der Waals surface area (Å²) in [4.78, 5) is 30.4. The minimum atomic E-state index is -0.441. The molecule has 6 nitrogen and oxygen atoms in total. The highest BCUT2D eigenvalue weighted by atomic mass is 19.1. The minimum absolute atomic E-state index is 0.259. The molecule has 0 spiro atoms. The Balaban J connectivity index is 1.84. The van der Waals surface area contributed by atoms with Gasteiger partial charge in [0, 0.05) is 12.6 Å². The molecule has 1 aliphatic heterocycles. The largest absolute Gasteiger partial charge is 0.268 e. The summed E-state index contributed by atoms with van der Waals surface area (Å²) >= 11 is 0. The molecule has 2 amide bonds. The summed E-state index contributed by atoms with van der Waals surface area (Å²) in [5.41, 5.74) is 2.47. The molecule has 124 valence electrons. The lowest BCUT2D eigenvalue weighted by molar-refractivity contribution is 0.0924. The second kappa shape index (κ2) is 5.34. The number of carbonyl (C=O) groups is 2. The molecule has 7 heteroatoms. The normalized spacial score (nSPS) is 13.5. The number of aryl methyl sites for hydroxylation is 1. The van der Waals surface area contributed by atoms with Crippen molar-refractivity contribution < 1.29 is 14.0 Å². The Labute approximate surface area is 142 Å². The highest BCUT2D eigenvalue weighted by Gasteiger charge is 2.39. The van der Waals surface area contributed by atoms with E-state index in [1.54, 1.807) is 38.2 Å². The molecule has 0 atom stereocenters. The van der Waals surface area contributed by atoms with Gasteiger partial charge in [-0.1, -0.05) is 12.1 Å². The molecule has 0 saturated heterocycles. The number of imide groups is 1. The van der Waals surface area contributed by atoms with Crippen LogP contribution in [-0.4, -0.2) is 26.6 Å². The van der Waals surface area contributed by atoms with Crippen LogP contribution in [0.4, 0.5) is 10.2 Å². The van der Waals surface area contributed by atoms with Crippen molar-refractivity contribution in [2.24, 2.45) is 7.05 Å². The van der Waals surface area contributed by atoms with Crippen molar-refractivity contribution in [2.75, 3.05) is 4.90 Å². The molecule has 3 heterocycles. The van der Waals surface area contributed by atoms with Crippen LogP contribution in [-0.2, 0) is 7.05 Å². The molecule has 0 aliphatic carbocycles. The van der Waals surface area contributed by atoms with Gasteiger partial charge in [0.2, 0.25) is 0 Å². The van der Waals surface area contributed by atoms with Crippen molar-refractivity contribution >= 4 is 17.6 Å². The van der Waals surface area contributed by atoms with Crippen LogP contribution in [0.15, 0.2) is 42.6 Å². The van der Waals surface area contributed by atoms with E-state index in [9.17, 15) is 14.0 Å². The van der Waals surface area contributed by atoms with Gasteiger partial charge in [0.25, 0.3) is 11.8 Å². The van der Waals surface area contributed by atoms with Gasteiger partial charge in [0.1, 0.15) is 5.82 Å². The molecule has 3 aromatic rings. The van der Waals surface area contributed by atoms with Gasteiger partial charge < -0.3 is 0 Å². The number of aromatic nitrogens is 3. The smallest absolute Gasteiger partial charge is 0.267 e. The predicted molar refractivity (Wildman–Crippen MR) is 88.7 cm³/mol. The number of anilines is 1. The van der Waals surface area contributed by atoms with E-state index in [4.69, 9.17) is 0 Å². The van der Waals surface area contributed by atoms with Crippen molar-refractivity contribution in [3.05, 3.63) is 65.1 Å². The SMILES string of the molecule is Cc1c(N2C(=O)c3ccccc3C2=O)nn(C)c1-c1ccc(F)cn1. The van der Waals surface area contributed by atoms with Crippen LogP contribution in [0.3, 0.4) is 0 Å². The van der Waals surface area contributed by atoms with Gasteiger partial charge in [-0.2, -0.15) is 5.10 Å². The molecule has 0 radical (unpaired) electrons. The number of rotatable bonds is 2. The first-order chi connectivity index (χ1) is 12.0. The number of carbonyl (C=O) groups excluding carboxylic acids is 2. The van der Waals surface area contributed by atoms with Crippen LogP contribution in [0.25, 0.3) is 11.4 Å². The number of pyridine rings is 1. The van der Waals surface area contributed by atoms with Crippen molar-refractivity contribution in [1.82, 2.24) is 14.8 Å². The first-order valence-electron chi connectivity index (χ1n) is 7.62. The Kier molecular flexibility index (Phi) is 3.24. The van der Waals surface area contributed by atoms with Crippen LogP contribution in [0.2, 0.25) is 0 Å². The summed E-state index contributed by atoms with van der Waals surface area (Å²) in [5.74, 6) is -0.986. The predicted octanol–water partition coefficient (Wildman–Crippen LogP) is 2.73. The summed E-state index contributed by atoms with van der Waals surface area (Å²) in [6.07, 6.45) is 1.11.